The molecule has 0 aliphatic heterocycles. The summed E-state index contributed by atoms with van der Waals surface area (Å²) in [5.74, 6) is -0.234. The summed E-state index contributed by atoms with van der Waals surface area (Å²) in [6, 6.07) is 2.05. The Labute approximate surface area is 117 Å². The minimum absolute atomic E-state index is 0.234. The molecule has 1 heterocycles. The molecule has 1 amide bonds. The van der Waals surface area contributed by atoms with Crippen molar-refractivity contribution < 1.29 is 4.79 Å². The number of hydrogen-bond donors (Lipinski definition) is 3. The van der Waals surface area contributed by atoms with Gasteiger partial charge in [-0.1, -0.05) is 0 Å². The largest absolute Gasteiger partial charge is 0.396 e. The van der Waals surface area contributed by atoms with Crippen LogP contribution in [-0.2, 0) is 0 Å². The number of nitrogens with two attached hydrogens (primary N) is 1. The van der Waals surface area contributed by atoms with E-state index in [1.54, 1.807) is 0 Å². The van der Waals surface area contributed by atoms with E-state index in [1.165, 1.54) is 11.3 Å². The zero-order valence-corrected chi connectivity index (χ0v) is 12.2. The van der Waals surface area contributed by atoms with Crippen LogP contribution in [0.25, 0.3) is 0 Å². The number of carbonyl (C=O) groups is 1. The van der Waals surface area contributed by atoms with Crippen LogP contribution in [0.5, 0.6) is 0 Å². The van der Waals surface area contributed by atoms with E-state index < -0.39 is 0 Å². The lowest BCUT2D eigenvalue weighted by Crippen LogP contribution is -2.22. The van der Waals surface area contributed by atoms with Crippen molar-refractivity contribution >= 4 is 27.9 Å². The molecule has 0 spiro atoms. The molecule has 0 unspecified atom stereocenters. The van der Waals surface area contributed by atoms with Gasteiger partial charge in [0, 0.05) is 19.6 Å². The van der Waals surface area contributed by atoms with Gasteiger partial charge in [-0.05, 0) is 21.0 Å². The lowest BCUT2D eigenvalue weighted by molar-refractivity contribution is 0.0960. The van der Waals surface area contributed by atoms with Crippen molar-refractivity contribution in [1.82, 2.24) is 10.2 Å². The molecule has 0 bridgehead atoms. The second-order valence-electron chi connectivity index (χ2n) is 4.25. The minimum Gasteiger partial charge on any atom is -0.396 e. The first-order chi connectivity index (χ1) is 9.01. The molecule has 0 fully saturated rings. The number of amides is 1. The Bertz CT molecular complexity index is 489. The Morgan fingerprint density at radius 2 is 2.21 bits per heavy atom. The highest BCUT2D eigenvalue weighted by molar-refractivity contribution is 7.18. The van der Waals surface area contributed by atoms with Crippen LogP contribution in [0.15, 0.2) is 0 Å². The summed E-state index contributed by atoms with van der Waals surface area (Å²) in [6.07, 6.45) is 0. The van der Waals surface area contributed by atoms with Gasteiger partial charge in [0.2, 0.25) is 0 Å². The first kappa shape index (κ1) is 15.3. The van der Waals surface area contributed by atoms with Gasteiger partial charge in [-0.3, -0.25) is 4.79 Å². The molecular weight excluding hydrogens is 262 g/mol. The number of rotatable bonds is 6. The molecule has 19 heavy (non-hydrogen) atoms. The van der Waals surface area contributed by atoms with E-state index in [2.05, 4.69) is 10.6 Å². The molecule has 0 radical (unpaired) electrons. The number of likely N-dealkylation sites (N-methyl/N-ethyl adjacent to an activating group) is 1. The van der Waals surface area contributed by atoms with Gasteiger partial charge in [0.05, 0.1) is 5.69 Å². The fourth-order valence-corrected chi connectivity index (χ4v) is 2.49. The van der Waals surface area contributed by atoms with Crippen LogP contribution in [0, 0.1) is 11.3 Å². The number of nitrogens with one attached hydrogen (secondary N) is 2. The molecule has 0 aliphatic carbocycles. The normalized spacial score (nSPS) is 10.3. The van der Waals surface area contributed by atoms with E-state index in [0.29, 0.717) is 28.5 Å². The standard InChI is InChI=1S/C12H19N5OS/c1-4-15-11(18)10-9(14)8(7-13)12(19-10)16-5-6-17(2)3/h16H,4-6,14H2,1-3H3,(H,15,18). The summed E-state index contributed by atoms with van der Waals surface area (Å²) in [5, 5.41) is 15.6. The number of nitrogens with zero attached hydrogens (tertiary/aromatic N) is 2. The lowest BCUT2D eigenvalue weighted by Gasteiger charge is -2.10. The maximum atomic E-state index is 11.8. The molecule has 1 aromatic heterocycles. The number of nitriles is 1. The quantitative estimate of drug-likeness (QED) is 0.721. The molecule has 1 aromatic rings. The monoisotopic (exact) mass is 281 g/mol. The van der Waals surface area contributed by atoms with Crippen LogP contribution in [0.3, 0.4) is 0 Å². The zero-order valence-electron chi connectivity index (χ0n) is 11.4. The molecule has 7 heteroatoms. The zero-order chi connectivity index (χ0) is 14.4. The van der Waals surface area contributed by atoms with E-state index in [-0.39, 0.29) is 11.6 Å². The Kier molecular flexibility index (Phi) is 5.60. The molecule has 0 atom stereocenters. The van der Waals surface area contributed by atoms with Crippen molar-refractivity contribution in [2.45, 2.75) is 6.92 Å². The SMILES string of the molecule is CCNC(=O)c1sc(NCCN(C)C)c(C#N)c1N. The van der Waals surface area contributed by atoms with E-state index in [9.17, 15) is 4.79 Å². The fraction of sp³-hybridized carbons (Fsp3) is 0.500. The van der Waals surface area contributed by atoms with Gasteiger partial charge in [-0.15, -0.1) is 11.3 Å². The molecule has 0 saturated carbocycles. The Balaban J connectivity index is 2.90. The Morgan fingerprint density at radius 3 is 2.74 bits per heavy atom. The summed E-state index contributed by atoms with van der Waals surface area (Å²) in [6.45, 7) is 3.89. The van der Waals surface area contributed by atoms with Crippen molar-refractivity contribution in [2.75, 3.05) is 44.8 Å². The first-order valence-electron chi connectivity index (χ1n) is 6.00. The second kappa shape index (κ2) is 6.97. The van der Waals surface area contributed by atoms with Gasteiger partial charge in [0.15, 0.2) is 0 Å². The second-order valence-corrected chi connectivity index (χ2v) is 5.27. The number of thiophene rings is 1. The average molecular weight is 281 g/mol. The molecule has 0 aromatic carbocycles. The maximum Gasteiger partial charge on any atom is 0.263 e. The summed E-state index contributed by atoms with van der Waals surface area (Å²) >= 11 is 1.22. The van der Waals surface area contributed by atoms with Crippen LogP contribution >= 0.6 is 11.3 Å². The summed E-state index contributed by atoms with van der Waals surface area (Å²) in [4.78, 5) is 14.2. The number of hydrogen-bond acceptors (Lipinski definition) is 6. The fourth-order valence-electron chi connectivity index (χ4n) is 1.48. The highest BCUT2D eigenvalue weighted by atomic mass is 32.1. The van der Waals surface area contributed by atoms with Crippen molar-refractivity contribution in [1.29, 1.82) is 5.26 Å². The van der Waals surface area contributed by atoms with E-state index in [0.717, 1.165) is 6.54 Å². The molecular formula is C12H19N5OS. The van der Waals surface area contributed by atoms with E-state index in [1.807, 2.05) is 32.0 Å². The molecule has 1 rings (SSSR count). The van der Waals surface area contributed by atoms with Crippen molar-refractivity contribution in [3.63, 3.8) is 0 Å². The summed E-state index contributed by atoms with van der Waals surface area (Å²) < 4.78 is 0. The smallest absolute Gasteiger partial charge is 0.263 e. The van der Waals surface area contributed by atoms with Crippen molar-refractivity contribution in [2.24, 2.45) is 0 Å². The first-order valence-corrected chi connectivity index (χ1v) is 6.82. The van der Waals surface area contributed by atoms with E-state index >= 15 is 0 Å². The van der Waals surface area contributed by atoms with Gasteiger partial charge in [-0.2, -0.15) is 5.26 Å². The highest BCUT2D eigenvalue weighted by Crippen LogP contribution is 2.34. The number of carbonyl (C=O) groups excluding carboxylic acids is 1. The Morgan fingerprint density at radius 1 is 1.53 bits per heavy atom. The molecule has 6 nitrogen and oxygen atoms in total. The third-order valence-corrected chi connectivity index (χ3v) is 3.61. The summed E-state index contributed by atoms with van der Waals surface area (Å²) in [5.41, 5.74) is 6.46. The predicted molar refractivity (Wildman–Crippen MR) is 78.5 cm³/mol. The van der Waals surface area contributed by atoms with Gasteiger partial charge < -0.3 is 21.3 Å². The van der Waals surface area contributed by atoms with E-state index in [4.69, 9.17) is 11.0 Å². The van der Waals surface area contributed by atoms with Crippen LogP contribution in [0.1, 0.15) is 22.2 Å². The van der Waals surface area contributed by atoms with Crippen molar-refractivity contribution in [3.8, 4) is 6.07 Å². The summed E-state index contributed by atoms with van der Waals surface area (Å²) in [7, 11) is 3.94. The van der Waals surface area contributed by atoms with Crippen molar-refractivity contribution in [3.05, 3.63) is 10.4 Å². The van der Waals surface area contributed by atoms with Crippen LogP contribution in [-0.4, -0.2) is 44.5 Å². The minimum atomic E-state index is -0.234. The number of anilines is 2. The van der Waals surface area contributed by atoms with Gasteiger partial charge >= 0.3 is 0 Å². The van der Waals surface area contributed by atoms with Crippen LogP contribution in [0.4, 0.5) is 10.7 Å². The number of nitrogen functional groups attached to an aromatic ring is 1. The lowest BCUT2D eigenvalue weighted by atomic mass is 10.2. The third kappa shape index (κ3) is 3.84. The van der Waals surface area contributed by atoms with Crippen LogP contribution < -0.4 is 16.4 Å². The third-order valence-electron chi connectivity index (χ3n) is 2.45. The maximum absolute atomic E-state index is 11.8. The molecule has 4 N–H and O–H groups in total. The Hall–Kier alpha value is -1.78. The molecule has 104 valence electrons. The molecule has 0 saturated heterocycles. The average Bonchev–Trinajstić information content (AvgIpc) is 2.65. The van der Waals surface area contributed by atoms with Gasteiger partial charge in [0.1, 0.15) is 21.5 Å². The highest BCUT2D eigenvalue weighted by Gasteiger charge is 2.20. The predicted octanol–water partition coefficient (Wildman–Crippen LogP) is 0.925. The molecule has 0 aliphatic rings. The van der Waals surface area contributed by atoms with Gasteiger partial charge in [-0.25, -0.2) is 0 Å². The van der Waals surface area contributed by atoms with Gasteiger partial charge in [0.25, 0.3) is 5.91 Å². The van der Waals surface area contributed by atoms with Crippen LogP contribution in [0.2, 0.25) is 0 Å². The topological polar surface area (TPSA) is 94.2 Å².